The van der Waals surface area contributed by atoms with E-state index in [1.165, 1.54) is 28.1 Å². The summed E-state index contributed by atoms with van der Waals surface area (Å²) in [5.74, 6) is 3.28. The van der Waals surface area contributed by atoms with Crippen LogP contribution in [0.1, 0.15) is 24.0 Å². The van der Waals surface area contributed by atoms with E-state index < -0.39 is 0 Å². The second kappa shape index (κ2) is 11.5. The van der Waals surface area contributed by atoms with E-state index in [1.807, 2.05) is 12.1 Å². The molecule has 1 saturated heterocycles. The van der Waals surface area contributed by atoms with Gasteiger partial charge < -0.3 is 38.5 Å². The van der Waals surface area contributed by atoms with E-state index in [0.29, 0.717) is 26.9 Å². The smallest absolute Gasteiger partial charge is 0.161 e. The maximum absolute atomic E-state index is 6.32. The highest BCUT2D eigenvalue weighted by atomic mass is 16.5. The van der Waals surface area contributed by atoms with Crippen molar-refractivity contribution in [3.8, 4) is 11.5 Å². The summed E-state index contributed by atoms with van der Waals surface area (Å²) < 4.78 is 24.6. The Morgan fingerprint density at radius 2 is 1.37 bits per heavy atom. The van der Waals surface area contributed by atoms with Gasteiger partial charge >= 0.3 is 0 Å². The van der Waals surface area contributed by atoms with Crippen LogP contribution in [0.25, 0.3) is 0 Å². The van der Waals surface area contributed by atoms with Gasteiger partial charge in [0.15, 0.2) is 20.2 Å². The number of fused-ring (bicyclic) bond motifs is 3. The van der Waals surface area contributed by atoms with Crippen molar-refractivity contribution in [2.45, 2.75) is 32.0 Å². The Labute approximate surface area is 270 Å². The minimum Gasteiger partial charge on any atom is -0.473 e. The van der Waals surface area contributed by atoms with Gasteiger partial charge in [-0.25, -0.2) is 0 Å². The standard InChI is InChI=1S/C38H38N4O4/c1-3-7-35-27(5-1)19-41(25-43-35)33-13-15-37-29(17-33)21-39(23-45-37)31-9-11-32(12-10-31)40-22-30-18-34(14-16-38(30)46-24-40)42-20-28-6-2-4-8-36(28)44-26-42/h1,3-5,7-18,30,38H,2,6,19-26H2. The maximum atomic E-state index is 6.32. The minimum atomic E-state index is 0.110. The molecule has 0 spiro atoms. The molecule has 0 amide bonds. The van der Waals surface area contributed by atoms with Gasteiger partial charge in [-0.1, -0.05) is 36.4 Å². The van der Waals surface area contributed by atoms with Crippen LogP contribution in [0.2, 0.25) is 0 Å². The SMILES string of the molecule is C1=CC2=C(CC1)CN(C1=CC3CN(c4ccc(N5COc6ccc(N7COc8ccccc8C7)cc6C5)cc4)COC3C=C1)CO2. The van der Waals surface area contributed by atoms with Crippen LogP contribution in [0.5, 0.6) is 11.5 Å². The van der Waals surface area contributed by atoms with Crippen LogP contribution < -0.4 is 24.2 Å². The molecule has 234 valence electrons. The van der Waals surface area contributed by atoms with E-state index in [9.17, 15) is 0 Å². The summed E-state index contributed by atoms with van der Waals surface area (Å²) in [6, 6.07) is 23.6. The van der Waals surface area contributed by atoms with Gasteiger partial charge in [0.2, 0.25) is 0 Å². The number of ether oxygens (including phenoxy) is 4. The fraction of sp³-hybridized carbons (Fsp3) is 0.316. The molecule has 0 N–H and O–H groups in total. The second-order valence-corrected chi connectivity index (χ2v) is 12.8. The molecule has 8 nitrogen and oxygen atoms in total. The third-order valence-corrected chi connectivity index (χ3v) is 9.91. The zero-order valence-corrected chi connectivity index (χ0v) is 25.9. The molecule has 2 unspecified atom stereocenters. The number of rotatable bonds is 4. The molecule has 3 aromatic carbocycles. The molecule has 4 heterocycles. The fourth-order valence-corrected chi connectivity index (χ4v) is 7.31. The summed E-state index contributed by atoms with van der Waals surface area (Å²) in [5, 5.41) is 0. The van der Waals surface area contributed by atoms with Crippen molar-refractivity contribution in [1.29, 1.82) is 0 Å². The summed E-state index contributed by atoms with van der Waals surface area (Å²) in [6.07, 6.45) is 13.4. The molecule has 3 aromatic rings. The molecule has 2 atom stereocenters. The fourth-order valence-electron chi connectivity index (χ4n) is 7.31. The lowest BCUT2D eigenvalue weighted by Gasteiger charge is -2.41. The van der Waals surface area contributed by atoms with Crippen molar-refractivity contribution >= 4 is 17.1 Å². The third kappa shape index (κ3) is 5.16. The summed E-state index contributed by atoms with van der Waals surface area (Å²) in [4.78, 5) is 9.24. The molecule has 46 heavy (non-hydrogen) atoms. The highest BCUT2D eigenvalue weighted by molar-refractivity contribution is 5.60. The number of nitrogens with zero attached hydrogens (tertiary/aromatic N) is 4. The highest BCUT2D eigenvalue weighted by Crippen LogP contribution is 2.36. The van der Waals surface area contributed by atoms with Gasteiger partial charge in [0.25, 0.3) is 0 Å². The summed E-state index contributed by atoms with van der Waals surface area (Å²) in [6.45, 7) is 5.72. The topological polar surface area (TPSA) is 49.9 Å². The molecule has 0 radical (unpaired) electrons. The first-order chi connectivity index (χ1) is 22.7. The zero-order valence-electron chi connectivity index (χ0n) is 25.9. The van der Waals surface area contributed by atoms with Gasteiger partial charge in [-0.3, -0.25) is 0 Å². The van der Waals surface area contributed by atoms with Crippen molar-refractivity contribution in [1.82, 2.24) is 4.90 Å². The lowest BCUT2D eigenvalue weighted by Crippen LogP contribution is -2.45. The Kier molecular flexibility index (Phi) is 6.88. The average molecular weight is 615 g/mol. The molecule has 1 fully saturated rings. The highest BCUT2D eigenvalue weighted by Gasteiger charge is 2.32. The minimum absolute atomic E-state index is 0.110. The van der Waals surface area contributed by atoms with Crippen LogP contribution in [0, 0.1) is 5.92 Å². The molecule has 9 rings (SSSR count). The normalized spacial score (nSPS) is 23.3. The first-order valence-electron chi connectivity index (χ1n) is 16.3. The Morgan fingerprint density at radius 1 is 0.630 bits per heavy atom. The summed E-state index contributed by atoms with van der Waals surface area (Å²) >= 11 is 0. The number of para-hydroxylation sites is 1. The molecular weight excluding hydrogens is 576 g/mol. The molecule has 0 bridgehead atoms. The van der Waals surface area contributed by atoms with E-state index in [-0.39, 0.29) is 12.0 Å². The van der Waals surface area contributed by atoms with Crippen molar-refractivity contribution < 1.29 is 18.9 Å². The van der Waals surface area contributed by atoms with Crippen LogP contribution in [0.15, 0.2) is 114 Å². The number of hydrogen-bond acceptors (Lipinski definition) is 8. The maximum Gasteiger partial charge on any atom is 0.161 e. The van der Waals surface area contributed by atoms with Crippen LogP contribution in [0.3, 0.4) is 0 Å². The van der Waals surface area contributed by atoms with Crippen molar-refractivity contribution in [2.24, 2.45) is 5.92 Å². The van der Waals surface area contributed by atoms with E-state index in [2.05, 4.69) is 105 Å². The van der Waals surface area contributed by atoms with Crippen molar-refractivity contribution in [3.05, 3.63) is 125 Å². The number of hydrogen-bond donors (Lipinski definition) is 0. The van der Waals surface area contributed by atoms with E-state index >= 15 is 0 Å². The van der Waals surface area contributed by atoms with Crippen molar-refractivity contribution in [2.75, 3.05) is 54.7 Å². The third-order valence-electron chi connectivity index (χ3n) is 9.91. The van der Waals surface area contributed by atoms with Gasteiger partial charge in [-0.2, -0.15) is 0 Å². The number of allylic oxidation sites excluding steroid dienone is 3. The molecular formula is C38H38N4O4. The second-order valence-electron chi connectivity index (χ2n) is 12.8. The Balaban J connectivity index is 0.859. The van der Waals surface area contributed by atoms with Crippen LogP contribution in [-0.2, 0) is 22.6 Å². The summed E-state index contributed by atoms with van der Waals surface area (Å²) in [7, 11) is 0. The van der Waals surface area contributed by atoms with E-state index in [0.717, 1.165) is 67.7 Å². The van der Waals surface area contributed by atoms with E-state index in [4.69, 9.17) is 18.9 Å². The monoisotopic (exact) mass is 614 g/mol. The first-order valence-corrected chi connectivity index (χ1v) is 16.3. The average Bonchev–Trinajstić information content (AvgIpc) is 3.13. The predicted octanol–water partition coefficient (Wildman–Crippen LogP) is 6.53. The van der Waals surface area contributed by atoms with Crippen LogP contribution >= 0.6 is 0 Å². The molecule has 4 aliphatic heterocycles. The van der Waals surface area contributed by atoms with E-state index in [1.54, 1.807) is 0 Å². The van der Waals surface area contributed by atoms with Crippen molar-refractivity contribution in [3.63, 3.8) is 0 Å². The molecule has 0 aromatic heterocycles. The molecule has 8 heteroatoms. The lowest BCUT2D eigenvalue weighted by atomic mass is 9.93. The summed E-state index contributed by atoms with van der Waals surface area (Å²) in [5.41, 5.74) is 8.48. The zero-order chi connectivity index (χ0) is 30.5. The van der Waals surface area contributed by atoms with Crippen LogP contribution in [-0.4, -0.2) is 51.0 Å². The Hall–Kier alpha value is -4.82. The largest absolute Gasteiger partial charge is 0.473 e. The number of benzene rings is 3. The van der Waals surface area contributed by atoms with Gasteiger partial charge in [0.1, 0.15) is 24.0 Å². The first kappa shape index (κ1) is 27.5. The van der Waals surface area contributed by atoms with Gasteiger partial charge in [-0.15, -0.1) is 0 Å². The lowest BCUT2D eigenvalue weighted by molar-refractivity contribution is 0.0269. The molecule has 2 aliphatic carbocycles. The quantitative estimate of drug-likeness (QED) is 0.329. The predicted molar refractivity (Wildman–Crippen MR) is 179 cm³/mol. The number of anilines is 3. The van der Waals surface area contributed by atoms with Crippen LogP contribution in [0.4, 0.5) is 17.1 Å². The molecule has 0 saturated carbocycles. The Morgan fingerprint density at radius 3 is 2.26 bits per heavy atom. The Bertz CT molecular complexity index is 1760. The molecule has 6 aliphatic rings. The van der Waals surface area contributed by atoms with Gasteiger partial charge in [0.05, 0.1) is 6.10 Å². The van der Waals surface area contributed by atoms with Gasteiger partial charge in [-0.05, 0) is 79.1 Å². The van der Waals surface area contributed by atoms with Gasteiger partial charge in [0, 0.05) is 66.0 Å².